The number of aliphatic hydroxyl groups is 1. The maximum Gasteiger partial charge on any atom is 0.0936 e. The highest BCUT2D eigenvalue weighted by Crippen LogP contribution is 2.25. The van der Waals surface area contributed by atoms with E-state index in [-0.39, 0.29) is 0 Å². The van der Waals surface area contributed by atoms with E-state index in [1.165, 1.54) is 25.7 Å². The Labute approximate surface area is 127 Å². The van der Waals surface area contributed by atoms with E-state index in [1.54, 1.807) is 0 Å². The molecule has 1 aliphatic carbocycles. The van der Waals surface area contributed by atoms with Gasteiger partial charge in [-0.1, -0.05) is 31.0 Å². The van der Waals surface area contributed by atoms with Crippen LogP contribution < -0.4 is 5.73 Å². The maximum atomic E-state index is 10.4. The van der Waals surface area contributed by atoms with Gasteiger partial charge >= 0.3 is 0 Å². The van der Waals surface area contributed by atoms with Crippen molar-refractivity contribution in [3.8, 4) is 0 Å². The number of β-amino-alcohol motifs (C(OH)–C–C–N with tert-alkyl or cyclic N) is 1. The molecule has 3 N–H and O–H groups in total. The number of nitrogen functional groups attached to an aromatic ring is 1. The van der Waals surface area contributed by atoms with Gasteiger partial charge in [0, 0.05) is 50.0 Å². The molecule has 1 heterocycles. The smallest absolute Gasteiger partial charge is 0.0936 e. The van der Waals surface area contributed by atoms with Crippen molar-refractivity contribution < 1.29 is 5.11 Å². The van der Waals surface area contributed by atoms with E-state index < -0.39 is 6.10 Å². The van der Waals surface area contributed by atoms with Crippen LogP contribution in [0.3, 0.4) is 0 Å². The van der Waals surface area contributed by atoms with Gasteiger partial charge in [-0.05, 0) is 18.9 Å². The van der Waals surface area contributed by atoms with Gasteiger partial charge in [0.15, 0.2) is 0 Å². The molecular weight excluding hydrogens is 262 g/mol. The number of hydrogen-bond donors (Lipinski definition) is 2. The van der Waals surface area contributed by atoms with E-state index in [1.807, 2.05) is 24.3 Å². The molecule has 1 saturated carbocycles. The molecule has 4 nitrogen and oxygen atoms in total. The van der Waals surface area contributed by atoms with E-state index in [0.29, 0.717) is 12.2 Å². The Morgan fingerprint density at radius 3 is 2.43 bits per heavy atom. The van der Waals surface area contributed by atoms with Crippen LogP contribution in [-0.2, 0) is 0 Å². The summed E-state index contributed by atoms with van der Waals surface area (Å²) in [6, 6.07) is 8.45. The fourth-order valence-electron chi connectivity index (χ4n) is 3.74. The van der Waals surface area contributed by atoms with Crippen molar-refractivity contribution in [1.82, 2.24) is 9.80 Å². The van der Waals surface area contributed by atoms with Crippen LogP contribution in [0.1, 0.15) is 37.4 Å². The van der Waals surface area contributed by atoms with Crippen molar-refractivity contribution in [3.05, 3.63) is 29.8 Å². The van der Waals surface area contributed by atoms with Gasteiger partial charge < -0.3 is 10.8 Å². The number of nitrogens with two attached hydrogens (primary N) is 1. The molecule has 116 valence electrons. The minimum absolute atomic E-state index is 0.482. The molecule has 1 unspecified atom stereocenters. The summed E-state index contributed by atoms with van der Waals surface area (Å²) < 4.78 is 0. The van der Waals surface area contributed by atoms with E-state index in [0.717, 1.165) is 37.8 Å². The number of nitrogens with zero attached hydrogens (tertiary/aromatic N) is 2. The maximum absolute atomic E-state index is 10.4. The molecule has 2 aliphatic rings. The second-order valence-corrected chi connectivity index (χ2v) is 6.42. The molecule has 2 fully saturated rings. The SMILES string of the molecule is Nc1ccccc1C(O)CN1CCN(C2CCCC2)CC1. The predicted octanol–water partition coefficient (Wildman–Crippen LogP) is 1.86. The van der Waals surface area contributed by atoms with Crippen molar-refractivity contribution in [2.24, 2.45) is 0 Å². The molecule has 21 heavy (non-hydrogen) atoms. The fourth-order valence-corrected chi connectivity index (χ4v) is 3.74. The van der Waals surface area contributed by atoms with Crippen LogP contribution >= 0.6 is 0 Å². The number of aliphatic hydroxyl groups excluding tert-OH is 1. The lowest BCUT2D eigenvalue weighted by atomic mass is 10.1. The molecule has 4 heteroatoms. The molecule has 1 saturated heterocycles. The molecule has 0 spiro atoms. The number of benzene rings is 1. The summed E-state index contributed by atoms with van der Waals surface area (Å²) >= 11 is 0. The van der Waals surface area contributed by atoms with Gasteiger partial charge in [-0.25, -0.2) is 0 Å². The molecule has 1 aromatic rings. The van der Waals surface area contributed by atoms with Crippen molar-refractivity contribution in [1.29, 1.82) is 0 Å². The first kappa shape index (κ1) is 14.8. The van der Waals surface area contributed by atoms with Gasteiger partial charge in [-0.15, -0.1) is 0 Å². The third kappa shape index (κ3) is 3.57. The molecule has 1 atom stereocenters. The number of rotatable bonds is 4. The van der Waals surface area contributed by atoms with Gasteiger partial charge in [0.1, 0.15) is 0 Å². The highest BCUT2D eigenvalue weighted by Gasteiger charge is 2.27. The average Bonchev–Trinajstić information content (AvgIpc) is 3.02. The molecule has 1 aliphatic heterocycles. The van der Waals surface area contributed by atoms with Gasteiger partial charge in [0.05, 0.1) is 6.10 Å². The zero-order valence-corrected chi connectivity index (χ0v) is 12.7. The summed E-state index contributed by atoms with van der Waals surface area (Å²) in [5.41, 5.74) is 7.49. The van der Waals surface area contributed by atoms with Crippen molar-refractivity contribution in [2.45, 2.75) is 37.8 Å². The first-order valence-corrected chi connectivity index (χ1v) is 8.23. The van der Waals surface area contributed by atoms with Crippen LogP contribution in [0.25, 0.3) is 0 Å². The third-order valence-corrected chi connectivity index (χ3v) is 5.03. The first-order chi connectivity index (χ1) is 10.2. The van der Waals surface area contributed by atoms with Crippen LogP contribution in [0.4, 0.5) is 5.69 Å². The standard InChI is InChI=1S/C17H27N3O/c18-16-8-4-3-7-15(16)17(21)13-19-9-11-20(12-10-19)14-5-1-2-6-14/h3-4,7-8,14,17,21H,1-2,5-6,9-13,18H2. The average molecular weight is 289 g/mol. The van der Waals surface area contributed by atoms with Gasteiger partial charge in [-0.2, -0.15) is 0 Å². The Hall–Kier alpha value is -1.10. The first-order valence-electron chi connectivity index (χ1n) is 8.23. The second-order valence-electron chi connectivity index (χ2n) is 6.42. The van der Waals surface area contributed by atoms with Gasteiger partial charge in [0.25, 0.3) is 0 Å². The topological polar surface area (TPSA) is 52.7 Å². The predicted molar refractivity (Wildman–Crippen MR) is 86.1 cm³/mol. The third-order valence-electron chi connectivity index (χ3n) is 5.03. The summed E-state index contributed by atoms with van der Waals surface area (Å²) in [5.74, 6) is 0. The number of hydrogen-bond acceptors (Lipinski definition) is 4. The second kappa shape index (κ2) is 6.77. The molecule has 0 bridgehead atoms. The monoisotopic (exact) mass is 289 g/mol. The molecule has 3 rings (SSSR count). The number of anilines is 1. The van der Waals surface area contributed by atoms with Crippen LogP contribution in [0.2, 0.25) is 0 Å². The molecular formula is C17H27N3O. The minimum atomic E-state index is -0.482. The molecule has 0 aromatic heterocycles. The fraction of sp³-hybridized carbons (Fsp3) is 0.647. The van der Waals surface area contributed by atoms with Crippen LogP contribution in [0, 0.1) is 0 Å². The lowest BCUT2D eigenvalue weighted by molar-refractivity contribution is 0.0573. The van der Waals surface area contributed by atoms with E-state index in [2.05, 4.69) is 9.80 Å². The normalized spacial score (nSPS) is 23.5. The molecule has 1 aromatic carbocycles. The van der Waals surface area contributed by atoms with E-state index in [9.17, 15) is 5.11 Å². The quantitative estimate of drug-likeness (QED) is 0.831. The summed E-state index contributed by atoms with van der Waals surface area (Å²) in [4.78, 5) is 5.01. The van der Waals surface area contributed by atoms with E-state index in [4.69, 9.17) is 5.73 Å². The Morgan fingerprint density at radius 1 is 1.10 bits per heavy atom. The van der Waals surface area contributed by atoms with Crippen molar-refractivity contribution in [3.63, 3.8) is 0 Å². The summed E-state index contributed by atoms with van der Waals surface area (Å²) in [6.07, 6.45) is 5.07. The zero-order valence-electron chi connectivity index (χ0n) is 12.7. The van der Waals surface area contributed by atoms with Crippen molar-refractivity contribution >= 4 is 5.69 Å². The van der Waals surface area contributed by atoms with Gasteiger partial charge in [-0.3, -0.25) is 9.80 Å². The lowest BCUT2D eigenvalue weighted by Crippen LogP contribution is -2.50. The Balaban J connectivity index is 1.50. The Morgan fingerprint density at radius 2 is 1.76 bits per heavy atom. The number of para-hydroxylation sites is 1. The highest BCUT2D eigenvalue weighted by molar-refractivity contribution is 5.47. The zero-order chi connectivity index (χ0) is 14.7. The van der Waals surface area contributed by atoms with Crippen LogP contribution in [-0.4, -0.2) is 53.7 Å². The van der Waals surface area contributed by atoms with E-state index >= 15 is 0 Å². The lowest BCUT2D eigenvalue weighted by Gasteiger charge is -2.38. The molecule has 0 radical (unpaired) electrons. The highest BCUT2D eigenvalue weighted by atomic mass is 16.3. The van der Waals surface area contributed by atoms with Crippen LogP contribution in [0.5, 0.6) is 0 Å². The van der Waals surface area contributed by atoms with Gasteiger partial charge in [0.2, 0.25) is 0 Å². The van der Waals surface area contributed by atoms with Crippen molar-refractivity contribution in [2.75, 3.05) is 38.5 Å². The summed E-state index contributed by atoms with van der Waals surface area (Å²) in [7, 11) is 0. The summed E-state index contributed by atoms with van der Waals surface area (Å²) in [6.45, 7) is 5.08. The molecule has 0 amide bonds. The summed E-state index contributed by atoms with van der Waals surface area (Å²) in [5, 5.41) is 10.4. The minimum Gasteiger partial charge on any atom is -0.398 e. The Kier molecular flexibility index (Phi) is 4.78. The largest absolute Gasteiger partial charge is 0.398 e. The Bertz CT molecular complexity index is 451. The number of piperazine rings is 1. The van der Waals surface area contributed by atoms with Crippen LogP contribution in [0.15, 0.2) is 24.3 Å².